The van der Waals surface area contributed by atoms with Crippen LogP contribution < -0.4 is 0 Å². The Balaban J connectivity index is 2.61. The second-order valence-corrected chi connectivity index (χ2v) is 4.80. The monoisotopic (exact) mass is 243 g/mol. The van der Waals surface area contributed by atoms with Crippen LogP contribution in [0.5, 0.6) is 0 Å². The van der Waals surface area contributed by atoms with E-state index in [2.05, 4.69) is 18.7 Å². The number of carbonyl (C=O) groups is 2. The molecule has 0 aromatic heterocycles. The van der Waals surface area contributed by atoms with Gasteiger partial charge in [-0.05, 0) is 20.9 Å². The Kier molecular flexibility index (Phi) is 4.34. The highest BCUT2D eigenvalue weighted by Gasteiger charge is 2.30. The second kappa shape index (κ2) is 5.35. The van der Waals surface area contributed by atoms with E-state index in [1.807, 2.05) is 7.05 Å². The number of amides is 2. The van der Waals surface area contributed by atoms with E-state index in [1.165, 1.54) is 11.9 Å². The van der Waals surface area contributed by atoms with Crippen molar-refractivity contribution in [2.75, 3.05) is 33.7 Å². The van der Waals surface area contributed by atoms with Crippen molar-refractivity contribution in [3.05, 3.63) is 0 Å². The Labute approximate surface area is 102 Å². The lowest BCUT2D eigenvalue weighted by molar-refractivity contribution is -0.137. The highest BCUT2D eigenvalue weighted by Crippen LogP contribution is 2.14. The molecule has 6 heteroatoms. The van der Waals surface area contributed by atoms with Gasteiger partial charge in [-0.25, -0.2) is 4.79 Å². The van der Waals surface area contributed by atoms with Crippen LogP contribution in [-0.2, 0) is 4.79 Å². The van der Waals surface area contributed by atoms with Crippen molar-refractivity contribution in [1.82, 2.24) is 14.7 Å². The van der Waals surface area contributed by atoms with Crippen molar-refractivity contribution in [3.63, 3.8) is 0 Å². The number of rotatable bonds is 2. The van der Waals surface area contributed by atoms with Crippen LogP contribution in [-0.4, -0.2) is 77.6 Å². The summed E-state index contributed by atoms with van der Waals surface area (Å²) in [5, 5.41) is 8.66. The molecule has 0 aliphatic carbocycles. The summed E-state index contributed by atoms with van der Waals surface area (Å²) in [4.78, 5) is 27.7. The van der Waals surface area contributed by atoms with Crippen LogP contribution in [0.4, 0.5) is 4.79 Å². The number of nitrogens with zero attached hydrogens (tertiary/aromatic N) is 3. The molecule has 1 rings (SSSR count). The smallest absolute Gasteiger partial charge is 0.323 e. The summed E-state index contributed by atoms with van der Waals surface area (Å²) in [6.45, 7) is 5.15. The average molecular weight is 243 g/mol. The zero-order valence-electron chi connectivity index (χ0n) is 10.9. The molecule has 2 atom stereocenters. The molecule has 17 heavy (non-hydrogen) atoms. The van der Waals surface area contributed by atoms with Gasteiger partial charge in [-0.15, -0.1) is 0 Å². The normalized spacial score (nSPS) is 25.8. The van der Waals surface area contributed by atoms with E-state index in [9.17, 15) is 9.59 Å². The molecule has 1 N–H and O–H groups in total. The maximum atomic E-state index is 12.0. The van der Waals surface area contributed by atoms with Crippen molar-refractivity contribution >= 4 is 12.0 Å². The van der Waals surface area contributed by atoms with Gasteiger partial charge in [0, 0.05) is 32.2 Å². The molecule has 0 aromatic carbocycles. The minimum Gasteiger partial charge on any atom is -0.480 e. The maximum absolute atomic E-state index is 12.0. The van der Waals surface area contributed by atoms with E-state index in [0.717, 1.165) is 0 Å². The third-order valence-corrected chi connectivity index (χ3v) is 3.33. The topological polar surface area (TPSA) is 64.1 Å². The van der Waals surface area contributed by atoms with Gasteiger partial charge in [0.1, 0.15) is 6.54 Å². The van der Waals surface area contributed by atoms with Crippen LogP contribution in [0, 0.1) is 0 Å². The van der Waals surface area contributed by atoms with Gasteiger partial charge in [0.25, 0.3) is 0 Å². The minimum absolute atomic E-state index is 0.209. The molecule has 2 unspecified atom stereocenters. The number of carbonyl (C=O) groups excluding carboxylic acids is 1. The largest absolute Gasteiger partial charge is 0.480 e. The van der Waals surface area contributed by atoms with Gasteiger partial charge in [-0.2, -0.15) is 0 Å². The highest BCUT2D eigenvalue weighted by atomic mass is 16.4. The van der Waals surface area contributed by atoms with Crippen molar-refractivity contribution in [1.29, 1.82) is 0 Å². The van der Waals surface area contributed by atoms with Crippen LogP contribution in [0.2, 0.25) is 0 Å². The molecular weight excluding hydrogens is 222 g/mol. The van der Waals surface area contributed by atoms with Gasteiger partial charge in [-0.3, -0.25) is 9.69 Å². The van der Waals surface area contributed by atoms with Crippen LogP contribution in [0.15, 0.2) is 0 Å². The van der Waals surface area contributed by atoms with E-state index in [-0.39, 0.29) is 12.6 Å². The first-order chi connectivity index (χ1) is 7.82. The number of likely N-dealkylation sites (N-methyl/N-ethyl adjacent to an activating group) is 2. The van der Waals surface area contributed by atoms with Crippen LogP contribution >= 0.6 is 0 Å². The van der Waals surface area contributed by atoms with E-state index in [1.54, 1.807) is 4.90 Å². The molecule has 1 saturated heterocycles. The van der Waals surface area contributed by atoms with E-state index in [4.69, 9.17) is 5.11 Å². The molecule has 1 heterocycles. The van der Waals surface area contributed by atoms with Gasteiger partial charge in [-0.1, -0.05) is 0 Å². The standard InChI is InChI=1S/C11H21N3O3/c1-8-5-14(6-9(2)13(8)4)11(17)12(3)7-10(15)16/h8-9H,5-7H2,1-4H3,(H,15,16). The summed E-state index contributed by atoms with van der Waals surface area (Å²) >= 11 is 0. The first kappa shape index (κ1) is 13.8. The zero-order chi connectivity index (χ0) is 13.2. The summed E-state index contributed by atoms with van der Waals surface area (Å²) in [5.41, 5.74) is 0. The molecule has 0 radical (unpaired) electrons. The van der Waals surface area contributed by atoms with Crippen molar-refractivity contribution in [2.45, 2.75) is 25.9 Å². The first-order valence-corrected chi connectivity index (χ1v) is 5.76. The Morgan fingerprint density at radius 1 is 1.29 bits per heavy atom. The number of carboxylic acid groups (broad SMARTS) is 1. The molecule has 98 valence electrons. The van der Waals surface area contributed by atoms with Gasteiger partial charge >= 0.3 is 12.0 Å². The summed E-state index contributed by atoms with van der Waals surface area (Å²) in [5.74, 6) is -0.990. The SMILES string of the molecule is CC1CN(C(=O)N(C)CC(=O)O)CC(C)N1C. The number of piperazine rings is 1. The molecular formula is C11H21N3O3. The predicted octanol–water partition coefficient (Wildman–Crippen LogP) is 0.147. The van der Waals surface area contributed by atoms with Gasteiger partial charge in [0.05, 0.1) is 0 Å². The Bertz CT molecular complexity index is 296. The molecule has 0 bridgehead atoms. The van der Waals surface area contributed by atoms with Crippen molar-refractivity contribution in [3.8, 4) is 0 Å². The van der Waals surface area contributed by atoms with Crippen LogP contribution in [0.3, 0.4) is 0 Å². The lowest BCUT2D eigenvalue weighted by Crippen LogP contribution is -2.58. The predicted molar refractivity (Wildman–Crippen MR) is 63.9 cm³/mol. The van der Waals surface area contributed by atoms with E-state index in [0.29, 0.717) is 25.2 Å². The molecule has 1 aliphatic rings. The van der Waals surface area contributed by atoms with Crippen LogP contribution in [0.1, 0.15) is 13.8 Å². The quantitative estimate of drug-likeness (QED) is 0.749. The fourth-order valence-corrected chi connectivity index (χ4v) is 2.07. The molecule has 1 fully saturated rings. The summed E-state index contributed by atoms with van der Waals surface area (Å²) in [6.07, 6.45) is 0. The van der Waals surface area contributed by atoms with E-state index < -0.39 is 5.97 Å². The zero-order valence-corrected chi connectivity index (χ0v) is 10.9. The molecule has 0 saturated carbocycles. The fourth-order valence-electron chi connectivity index (χ4n) is 2.07. The Morgan fingerprint density at radius 3 is 2.18 bits per heavy atom. The molecule has 0 spiro atoms. The molecule has 0 aromatic rings. The molecule has 1 aliphatic heterocycles. The summed E-state index contributed by atoms with van der Waals surface area (Å²) in [6, 6.07) is 0.376. The van der Waals surface area contributed by atoms with Gasteiger partial charge in [0.2, 0.25) is 0 Å². The lowest BCUT2D eigenvalue weighted by atomic mass is 10.1. The number of urea groups is 1. The fraction of sp³-hybridized carbons (Fsp3) is 0.818. The second-order valence-electron chi connectivity index (χ2n) is 4.80. The third kappa shape index (κ3) is 3.33. The Hall–Kier alpha value is -1.30. The van der Waals surface area contributed by atoms with Crippen molar-refractivity contribution < 1.29 is 14.7 Å². The summed E-state index contributed by atoms with van der Waals surface area (Å²) in [7, 11) is 3.56. The van der Waals surface area contributed by atoms with Gasteiger partial charge in [0.15, 0.2) is 0 Å². The molecule has 6 nitrogen and oxygen atoms in total. The number of carboxylic acids is 1. The number of hydrogen-bond acceptors (Lipinski definition) is 3. The van der Waals surface area contributed by atoms with E-state index >= 15 is 0 Å². The minimum atomic E-state index is -0.990. The number of hydrogen-bond donors (Lipinski definition) is 1. The van der Waals surface area contributed by atoms with Crippen molar-refractivity contribution in [2.24, 2.45) is 0 Å². The maximum Gasteiger partial charge on any atom is 0.323 e. The van der Waals surface area contributed by atoms with Crippen LogP contribution in [0.25, 0.3) is 0 Å². The highest BCUT2D eigenvalue weighted by molar-refractivity contribution is 5.80. The van der Waals surface area contributed by atoms with Gasteiger partial charge < -0.3 is 14.9 Å². The number of aliphatic carboxylic acids is 1. The lowest BCUT2D eigenvalue weighted by Gasteiger charge is -2.43. The first-order valence-electron chi connectivity index (χ1n) is 5.76. The summed E-state index contributed by atoms with van der Waals surface area (Å²) < 4.78 is 0. The average Bonchev–Trinajstić information content (AvgIpc) is 2.23. The molecule has 2 amide bonds. The Morgan fingerprint density at radius 2 is 1.76 bits per heavy atom. The third-order valence-electron chi connectivity index (χ3n) is 3.33.